The number of nitrogens with two attached hydrogens (primary N) is 2. The minimum atomic E-state index is -1.02. The van der Waals surface area contributed by atoms with Gasteiger partial charge in [0, 0.05) is 50.3 Å². The number of primary amides is 1. The Labute approximate surface area is 295 Å². The molecule has 14 heteroatoms. The number of ether oxygens (including phenoxy) is 4. The average molecular weight is 709 g/mol. The summed E-state index contributed by atoms with van der Waals surface area (Å²) in [6.07, 6.45) is 5.16. The number of rotatable bonds is 10. The van der Waals surface area contributed by atoms with Crippen LogP contribution in [0, 0.1) is 11.8 Å². The van der Waals surface area contributed by atoms with Gasteiger partial charge < -0.3 is 41.0 Å². The van der Waals surface area contributed by atoms with Crippen molar-refractivity contribution < 1.29 is 42.9 Å². The molecule has 0 saturated heterocycles. The Balaban J connectivity index is 0.0000120. The third-order valence-corrected chi connectivity index (χ3v) is 8.16. The van der Waals surface area contributed by atoms with Gasteiger partial charge in [0.1, 0.15) is 12.2 Å². The molecule has 2 amide bonds. The molecule has 2 aliphatic rings. The summed E-state index contributed by atoms with van der Waals surface area (Å²) in [5.41, 5.74) is 12.2. The van der Waals surface area contributed by atoms with Gasteiger partial charge in [0.05, 0.1) is 17.5 Å². The van der Waals surface area contributed by atoms with Crippen molar-refractivity contribution >= 4 is 41.9 Å². The van der Waals surface area contributed by atoms with Crippen molar-refractivity contribution in [2.75, 3.05) is 27.3 Å². The van der Waals surface area contributed by atoms with E-state index in [-0.39, 0.29) is 53.7 Å². The van der Waals surface area contributed by atoms with Gasteiger partial charge in [0.25, 0.3) is 5.91 Å². The van der Waals surface area contributed by atoms with Crippen molar-refractivity contribution in [2.24, 2.45) is 23.3 Å². The molecule has 0 spiro atoms. The molecule has 0 fully saturated rings. The summed E-state index contributed by atoms with van der Waals surface area (Å²) < 4.78 is 23.0. The Morgan fingerprint density at radius 2 is 1.78 bits per heavy atom. The number of carbonyl (C=O) groups is 5. The summed E-state index contributed by atoms with van der Waals surface area (Å²) in [7, 11) is 2.94. The van der Waals surface area contributed by atoms with E-state index in [1.165, 1.54) is 20.3 Å². The van der Waals surface area contributed by atoms with Crippen LogP contribution in [0.15, 0.2) is 58.5 Å². The first-order valence-electron chi connectivity index (χ1n) is 16.3. The van der Waals surface area contributed by atoms with E-state index < -0.39 is 59.9 Å². The fourth-order valence-electron chi connectivity index (χ4n) is 5.65. The summed E-state index contributed by atoms with van der Waals surface area (Å²) >= 11 is 0. The summed E-state index contributed by atoms with van der Waals surface area (Å²) in [5.74, 6) is -2.61. The van der Waals surface area contributed by atoms with E-state index in [2.05, 4.69) is 10.6 Å². The Kier molecular flexibility index (Phi) is 18.8. The number of allylic oxidation sites excluding steroid dienone is 4. The Hall–Kier alpha value is -3.78. The van der Waals surface area contributed by atoms with E-state index in [1.807, 2.05) is 26.8 Å². The largest absolute Gasteiger partial charge is 0.459 e. The third kappa shape index (κ3) is 12.9. The Bertz CT molecular complexity index is 1350. The number of fused-ring (bicyclic) bond motifs is 2. The molecule has 1 aliphatic heterocycles. The molecular weight excluding hydrogens is 656 g/mol. The fourth-order valence-corrected chi connectivity index (χ4v) is 5.65. The summed E-state index contributed by atoms with van der Waals surface area (Å²) in [4.78, 5) is 65.0. The van der Waals surface area contributed by atoms with Crippen LogP contribution in [-0.4, -0.2) is 81.3 Å². The van der Waals surface area contributed by atoms with E-state index in [9.17, 15) is 24.0 Å². The van der Waals surface area contributed by atoms with Gasteiger partial charge in [0.15, 0.2) is 6.10 Å². The van der Waals surface area contributed by atoms with Crippen LogP contribution in [0.1, 0.15) is 66.7 Å². The van der Waals surface area contributed by atoms with Gasteiger partial charge in [-0.05, 0) is 57.6 Å². The maximum atomic E-state index is 13.8. The van der Waals surface area contributed by atoms with E-state index in [0.717, 1.165) is 12.5 Å². The smallest absolute Gasteiger partial charge is 0.405 e. The minimum Gasteiger partial charge on any atom is -0.459 e. The first kappa shape index (κ1) is 43.2. The second-order valence-electron chi connectivity index (χ2n) is 12.2. The number of Topliss-reactive ketones (excluding diaryl/α,β-unsaturated/α-hetero) is 1. The number of hydrogen-bond donors (Lipinski definition) is 4. The lowest BCUT2D eigenvalue weighted by Gasteiger charge is -2.32. The van der Waals surface area contributed by atoms with E-state index >= 15 is 0 Å². The van der Waals surface area contributed by atoms with Gasteiger partial charge in [-0.1, -0.05) is 45.1 Å². The second kappa shape index (κ2) is 21.3. The number of amides is 2. The van der Waals surface area contributed by atoms with Gasteiger partial charge in [-0.15, -0.1) is 12.4 Å². The highest BCUT2D eigenvalue weighted by Crippen LogP contribution is 2.30. The lowest BCUT2D eigenvalue weighted by Crippen LogP contribution is -2.40. The SMILES string of the molecule is CCCNC1=C2C[C@@H](C)C[C@@H](OC)[C@@H](OC(=O)CCCN)[C@H](C)/C=C(\C)[C@@H](OC(N)=O)[C@H](OC)/C=C\C=C(/C)C(=O)NC(=CC1=O)C2=O.Cl. The minimum absolute atomic E-state index is 0. The molecule has 6 N–H and O–H groups in total. The van der Waals surface area contributed by atoms with Crippen molar-refractivity contribution in [2.45, 2.75) is 91.1 Å². The molecule has 1 aliphatic carbocycles. The van der Waals surface area contributed by atoms with E-state index in [4.69, 9.17) is 30.4 Å². The molecule has 0 unspecified atom stereocenters. The zero-order chi connectivity index (χ0) is 36.0. The number of methoxy groups -OCH3 is 2. The zero-order valence-corrected chi connectivity index (χ0v) is 30.4. The van der Waals surface area contributed by atoms with Crippen molar-refractivity contribution in [3.63, 3.8) is 0 Å². The number of carbonyl (C=O) groups excluding carboxylic acids is 5. The summed E-state index contributed by atoms with van der Waals surface area (Å²) in [6.45, 7) is 9.79. The molecular formula is C35H53ClN4O9. The van der Waals surface area contributed by atoms with Gasteiger partial charge in [-0.25, -0.2) is 4.79 Å². The number of halogens is 1. The van der Waals surface area contributed by atoms with Crippen LogP contribution in [-0.2, 0) is 38.1 Å². The first-order valence-corrected chi connectivity index (χ1v) is 16.3. The van der Waals surface area contributed by atoms with Crippen LogP contribution in [0.2, 0.25) is 0 Å². The maximum absolute atomic E-state index is 13.8. The summed E-state index contributed by atoms with van der Waals surface area (Å²) in [5, 5.41) is 5.69. The van der Waals surface area contributed by atoms with Crippen LogP contribution in [0.25, 0.3) is 0 Å². The molecule has 1 heterocycles. The van der Waals surface area contributed by atoms with Gasteiger partial charge in [0.2, 0.25) is 11.6 Å². The molecule has 0 aromatic rings. The fraction of sp³-hybridized carbons (Fsp3) is 0.571. The average Bonchev–Trinajstić information content (AvgIpc) is 3.03. The van der Waals surface area contributed by atoms with Gasteiger partial charge in [-0.3, -0.25) is 19.2 Å². The monoisotopic (exact) mass is 708 g/mol. The zero-order valence-electron chi connectivity index (χ0n) is 29.5. The molecule has 49 heavy (non-hydrogen) atoms. The predicted octanol–water partition coefficient (Wildman–Crippen LogP) is 3.47. The second-order valence-corrected chi connectivity index (χ2v) is 12.2. The topological polar surface area (TPSA) is 198 Å². The normalized spacial score (nSPS) is 28.5. The molecule has 0 saturated carbocycles. The lowest BCUT2D eigenvalue weighted by atomic mass is 9.85. The number of esters is 1. The van der Waals surface area contributed by atoms with Gasteiger partial charge >= 0.3 is 12.1 Å². The van der Waals surface area contributed by atoms with Crippen molar-refractivity contribution in [1.29, 1.82) is 0 Å². The Morgan fingerprint density at radius 3 is 2.37 bits per heavy atom. The van der Waals surface area contributed by atoms with E-state index in [1.54, 1.807) is 26.0 Å². The lowest BCUT2D eigenvalue weighted by molar-refractivity contribution is -0.160. The molecule has 2 rings (SSSR count). The molecule has 6 atom stereocenters. The first-order chi connectivity index (χ1) is 22.8. The van der Waals surface area contributed by atoms with Crippen LogP contribution in [0.3, 0.4) is 0 Å². The van der Waals surface area contributed by atoms with Crippen molar-refractivity contribution in [1.82, 2.24) is 10.6 Å². The Morgan fingerprint density at radius 1 is 1.08 bits per heavy atom. The molecule has 0 radical (unpaired) electrons. The molecule has 274 valence electrons. The number of hydrogen-bond acceptors (Lipinski definition) is 11. The molecule has 0 aromatic heterocycles. The molecule has 13 nitrogen and oxygen atoms in total. The summed E-state index contributed by atoms with van der Waals surface area (Å²) in [6, 6.07) is 0. The van der Waals surface area contributed by atoms with E-state index in [0.29, 0.717) is 31.5 Å². The molecule has 2 bridgehead atoms. The number of ketones is 2. The van der Waals surface area contributed by atoms with Crippen molar-refractivity contribution in [3.05, 3.63) is 58.5 Å². The van der Waals surface area contributed by atoms with Crippen LogP contribution in [0.5, 0.6) is 0 Å². The predicted molar refractivity (Wildman–Crippen MR) is 187 cm³/mol. The standard InChI is InChI=1S/C35H52N4O9.ClH/c1-8-15-38-30-24-16-20(2)17-28(46-7)33(47-29(41)13-10-14-36)23(5)18-22(4)32(48-35(37)44)27(45-6)12-9-11-21(3)34(43)39-25(31(24)42)19-26(30)40;/h9,11-12,18-20,23,27-28,32-33,38H,8,10,13-17,36H2,1-7H3,(H2,37,44)(H,39,43);1H/b12-9-,21-11+,22-18+;/t20-,23-,27-,28-,32-,33+;/m1./s1. The highest BCUT2D eigenvalue weighted by atomic mass is 35.5. The third-order valence-electron chi connectivity index (χ3n) is 8.16. The number of nitrogens with one attached hydrogen (secondary N) is 2. The highest BCUT2D eigenvalue weighted by Gasteiger charge is 2.35. The van der Waals surface area contributed by atoms with Crippen molar-refractivity contribution in [3.8, 4) is 0 Å². The highest BCUT2D eigenvalue weighted by molar-refractivity contribution is 6.23. The van der Waals surface area contributed by atoms with Crippen LogP contribution in [0.4, 0.5) is 4.79 Å². The maximum Gasteiger partial charge on any atom is 0.405 e. The molecule has 0 aromatic carbocycles. The quantitative estimate of drug-likeness (QED) is 0.147. The van der Waals surface area contributed by atoms with Gasteiger partial charge in [-0.2, -0.15) is 0 Å². The van der Waals surface area contributed by atoms with Crippen LogP contribution < -0.4 is 22.1 Å². The van der Waals surface area contributed by atoms with Crippen LogP contribution >= 0.6 is 12.4 Å².